The molecule has 2 aromatic heterocycles. The van der Waals surface area contributed by atoms with Gasteiger partial charge >= 0.3 is 0 Å². The Balaban J connectivity index is 2.27. The Hall–Kier alpha value is -0.940. The smallest absolute Gasteiger partial charge is 0.225 e. The van der Waals surface area contributed by atoms with Crippen LogP contribution in [-0.2, 0) is 0 Å². The van der Waals surface area contributed by atoms with Gasteiger partial charge in [0, 0.05) is 6.54 Å². The summed E-state index contributed by atoms with van der Waals surface area (Å²) in [7, 11) is 0. The highest BCUT2D eigenvalue weighted by Crippen LogP contribution is 2.26. The van der Waals surface area contributed by atoms with Gasteiger partial charge in [-0.3, -0.25) is 4.39 Å². The van der Waals surface area contributed by atoms with Gasteiger partial charge in [0.25, 0.3) is 0 Å². The van der Waals surface area contributed by atoms with Crippen LogP contribution in [0.5, 0.6) is 0 Å². The van der Waals surface area contributed by atoms with E-state index in [0.717, 1.165) is 10.2 Å². The lowest BCUT2D eigenvalue weighted by atomic mass is 10.3. The molecule has 0 spiro atoms. The van der Waals surface area contributed by atoms with E-state index in [9.17, 15) is 4.39 Å². The van der Waals surface area contributed by atoms with Crippen molar-refractivity contribution in [2.45, 2.75) is 6.42 Å². The van der Waals surface area contributed by atoms with E-state index < -0.39 is 0 Å². The van der Waals surface area contributed by atoms with E-state index in [4.69, 9.17) is 11.6 Å². The van der Waals surface area contributed by atoms with Gasteiger partial charge in [-0.1, -0.05) is 0 Å². The molecule has 0 aliphatic carbocycles. The van der Waals surface area contributed by atoms with Crippen LogP contribution in [-0.4, -0.2) is 23.2 Å². The Morgan fingerprint density at radius 1 is 1.47 bits per heavy atom. The van der Waals surface area contributed by atoms with Crippen LogP contribution in [0.1, 0.15) is 6.42 Å². The summed E-state index contributed by atoms with van der Waals surface area (Å²) >= 11 is 7.27. The van der Waals surface area contributed by atoms with Gasteiger partial charge in [0.05, 0.1) is 12.1 Å². The number of aromatic nitrogens is 2. The van der Waals surface area contributed by atoms with E-state index in [1.165, 1.54) is 11.3 Å². The summed E-state index contributed by atoms with van der Waals surface area (Å²) in [6.07, 6.45) is 0.466. The van der Waals surface area contributed by atoms with Crippen LogP contribution >= 0.6 is 22.9 Å². The number of rotatable bonds is 4. The first-order valence-electron chi connectivity index (χ1n) is 4.52. The molecule has 0 saturated carbocycles. The molecule has 0 unspecified atom stereocenters. The summed E-state index contributed by atoms with van der Waals surface area (Å²) in [5.41, 5.74) is 0. The molecule has 80 valence electrons. The maximum Gasteiger partial charge on any atom is 0.225 e. The van der Waals surface area contributed by atoms with Crippen molar-refractivity contribution in [3.05, 3.63) is 16.7 Å². The minimum absolute atomic E-state index is 0.215. The van der Waals surface area contributed by atoms with Crippen molar-refractivity contribution in [2.24, 2.45) is 0 Å². The Labute approximate surface area is 95.3 Å². The van der Waals surface area contributed by atoms with Crippen molar-refractivity contribution in [3.63, 3.8) is 0 Å². The molecule has 0 radical (unpaired) electrons. The van der Waals surface area contributed by atoms with Gasteiger partial charge in [0.15, 0.2) is 0 Å². The van der Waals surface area contributed by atoms with E-state index in [0.29, 0.717) is 18.8 Å². The third kappa shape index (κ3) is 2.35. The quantitative estimate of drug-likeness (QED) is 0.664. The molecule has 0 aromatic carbocycles. The van der Waals surface area contributed by atoms with Crippen LogP contribution in [0.4, 0.5) is 10.2 Å². The van der Waals surface area contributed by atoms with Gasteiger partial charge in [0.1, 0.15) is 10.6 Å². The minimum atomic E-state index is -0.335. The summed E-state index contributed by atoms with van der Waals surface area (Å²) in [4.78, 5) is 9.00. The van der Waals surface area contributed by atoms with Crippen LogP contribution in [0.3, 0.4) is 0 Å². The lowest BCUT2D eigenvalue weighted by Gasteiger charge is -2.05. The standard InChI is InChI=1S/C9H9ClFN3S/c10-9-13-7(12-4-1-3-11)6-2-5-15-8(6)14-9/h2,5H,1,3-4H2,(H,12,13,14). The van der Waals surface area contributed by atoms with Crippen molar-refractivity contribution < 1.29 is 4.39 Å². The maximum absolute atomic E-state index is 11.9. The van der Waals surface area contributed by atoms with Crippen molar-refractivity contribution in [3.8, 4) is 0 Å². The molecule has 0 fully saturated rings. The molecule has 0 atom stereocenters. The Bertz CT molecular complexity index is 460. The number of halogens is 2. The zero-order valence-corrected chi connectivity index (χ0v) is 9.41. The van der Waals surface area contributed by atoms with Gasteiger partial charge in [-0.2, -0.15) is 0 Å². The zero-order valence-electron chi connectivity index (χ0n) is 7.83. The Kier molecular flexibility index (Phi) is 3.33. The predicted molar refractivity (Wildman–Crippen MR) is 61.5 cm³/mol. The third-order valence-electron chi connectivity index (χ3n) is 1.90. The molecule has 6 heteroatoms. The molecule has 0 amide bonds. The van der Waals surface area contributed by atoms with E-state index in [-0.39, 0.29) is 12.0 Å². The van der Waals surface area contributed by atoms with Gasteiger partial charge in [-0.05, 0) is 29.5 Å². The lowest BCUT2D eigenvalue weighted by molar-refractivity contribution is 0.481. The van der Waals surface area contributed by atoms with E-state index in [1.807, 2.05) is 11.4 Å². The Morgan fingerprint density at radius 2 is 2.33 bits per heavy atom. The van der Waals surface area contributed by atoms with Crippen LogP contribution in [0, 0.1) is 0 Å². The highest BCUT2D eigenvalue weighted by molar-refractivity contribution is 7.16. The molecule has 1 N–H and O–H groups in total. The number of anilines is 1. The maximum atomic E-state index is 11.9. The number of nitrogens with zero attached hydrogens (tertiary/aromatic N) is 2. The molecule has 2 heterocycles. The van der Waals surface area contributed by atoms with Gasteiger partial charge < -0.3 is 5.32 Å². The number of nitrogens with one attached hydrogen (secondary N) is 1. The van der Waals surface area contributed by atoms with E-state index in [2.05, 4.69) is 15.3 Å². The van der Waals surface area contributed by atoms with Crippen LogP contribution in [0.15, 0.2) is 11.4 Å². The molecule has 15 heavy (non-hydrogen) atoms. The van der Waals surface area contributed by atoms with Crippen LogP contribution in [0.2, 0.25) is 5.28 Å². The SMILES string of the molecule is FCCCNc1nc(Cl)nc2sccc12. The van der Waals surface area contributed by atoms with Crippen molar-refractivity contribution in [1.29, 1.82) is 0 Å². The molecular formula is C9H9ClFN3S. The summed E-state index contributed by atoms with van der Waals surface area (Å²) in [6, 6.07) is 1.92. The normalized spacial score (nSPS) is 10.8. The van der Waals surface area contributed by atoms with Gasteiger partial charge in [-0.25, -0.2) is 9.97 Å². The monoisotopic (exact) mass is 245 g/mol. The first-order chi connectivity index (χ1) is 7.31. The number of fused-ring (bicyclic) bond motifs is 1. The molecule has 0 aliphatic heterocycles. The zero-order chi connectivity index (χ0) is 10.7. The molecule has 0 aliphatic rings. The summed E-state index contributed by atoms with van der Waals surface area (Å²) in [6.45, 7) is 0.216. The number of hydrogen-bond acceptors (Lipinski definition) is 4. The van der Waals surface area contributed by atoms with Gasteiger partial charge in [0.2, 0.25) is 5.28 Å². The fourth-order valence-electron chi connectivity index (χ4n) is 1.24. The predicted octanol–water partition coefficient (Wildman–Crippen LogP) is 3.12. The summed E-state index contributed by atoms with van der Waals surface area (Å²) in [5, 5.41) is 6.12. The molecule has 0 bridgehead atoms. The minimum Gasteiger partial charge on any atom is -0.369 e. The summed E-state index contributed by atoms with van der Waals surface area (Å²) < 4.78 is 11.9. The molecular weight excluding hydrogens is 237 g/mol. The fraction of sp³-hybridized carbons (Fsp3) is 0.333. The fourth-order valence-corrected chi connectivity index (χ4v) is 2.22. The number of thiophene rings is 1. The molecule has 3 nitrogen and oxygen atoms in total. The van der Waals surface area contributed by atoms with Crippen molar-refractivity contribution in [1.82, 2.24) is 9.97 Å². The average Bonchev–Trinajstić information content (AvgIpc) is 2.65. The van der Waals surface area contributed by atoms with Crippen LogP contribution in [0.25, 0.3) is 10.2 Å². The number of hydrogen-bond donors (Lipinski definition) is 1. The lowest BCUT2D eigenvalue weighted by Crippen LogP contribution is -2.04. The first kappa shape index (κ1) is 10.6. The summed E-state index contributed by atoms with van der Waals surface area (Å²) in [5.74, 6) is 0.680. The first-order valence-corrected chi connectivity index (χ1v) is 5.77. The average molecular weight is 246 g/mol. The van der Waals surface area contributed by atoms with Crippen molar-refractivity contribution in [2.75, 3.05) is 18.5 Å². The van der Waals surface area contributed by atoms with Crippen molar-refractivity contribution >= 4 is 39.0 Å². The van der Waals surface area contributed by atoms with Crippen LogP contribution < -0.4 is 5.32 Å². The van der Waals surface area contributed by atoms with Gasteiger partial charge in [-0.15, -0.1) is 11.3 Å². The highest BCUT2D eigenvalue weighted by Gasteiger charge is 2.06. The largest absolute Gasteiger partial charge is 0.369 e. The second-order valence-corrected chi connectivity index (χ2v) is 4.18. The van der Waals surface area contributed by atoms with E-state index in [1.54, 1.807) is 0 Å². The number of alkyl halides is 1. The second kappa shape index (κ2) is 4.72. The Morgan fingerprint density at radius 3 is 3.13 bits per heavy atom. The second-order valence-electron chi connectivity index (χ2n) is 2.95. The highest BCUT2D eigenvalue weighted by atomic mass is 35.5. The molecule has 2 rings (SSSR count). The molecule has 2 aromatic rings. The van der Waals surface area contributed by atoms with E-state index >= 15 is 0 Å². The topological polar surface area (TPSA) is 37.8 Å². The third-order valence-corrected chi connectivity index (χ3v) is 2.88. The molecule has 0 saturated heterocycles.